The topological polar surface area (TPSA) is 37.3 Å². The van der Waals surface area contributed by atoms with Crippen LogP contribution >= 0.6 is 0 Å². The van der Waals surface area contributed by atoms with Crippen molar-refractivity contribution < 1.29 is 4.79 Å². The van der Waals surface area contributed by atoms with E-state index >= 15 is 0 Å². The number of benzene rings is 1. The van der Waals surface area contributed by atoms with Crippen LogP contribution in [0.25, 0.3) is 10.9 Å². The molecule has 4 heteroatoms. The summed E-state index contributed by atoms with van der Waals surface area (Å²) >= 11 is 0. The fourth-order valence-electron chi connectivity index (χ4n) is 2.44. The molecule has 0 spiro atoms. The first-order valence-electron chi connectivity index (χ1n) is 7.68. The minimum atomic E-state index is 0.145. The molecule has 1 heterocycles. The summed E-state index contributed by atoms with van der Waals surface area (Å²) in [5.41, 5.74) is 2.38. The summed E-state index contributed by atoms with van der Waals surface area (Å²) in [5.74, 6) is 0.145. The van der Waals surface area contributed by atoms with E-state index in [1.807, 2.05) is 20.0 Å². The minimum Gasteiger partial charge on any atom is -0.344 e. The summed E-state index contributed by atoms with van der Waals surface area (Å²) in [6, 6.07) is 8.28. The minimum absolute atomic E-state index is 0.145. The highest BCUT2D eigenvalue weighted by molar-refractivity contribution is 5.86. The lowest BCUT2D eigenvalue weighted by Gasteiger charge is -2.15. The normalized spacial score (nSPS) is 11.0. The van der Waals surface area contributed by atoms with E-state index in [0.29, 0.717) is 6.54 Å². The van der Waals surface area contributed by atoms with Crippen LogP contribution < -0.4 is 5.32 Å². The molecular formula is C17H25N3O. The fraction of sp³-hybridized carbons (Fsp3) is 0.471. The van der Waals surface area contributed by atoms with Gasteiger partial charge in [-0.3, -0.25) is 4.79 Å². The zero-order valence-electron chi connectivity index (χ0n) is 13.2. The van der Waals surface area contributed by atoms with Crippen LogP contribution in [0.2, 0.25) is 0 Å². The van der Waals surface area contributed by atoms with Gasteiger partial charge in [-0.1, -0.05) is 25.1 Å². The van der Waals surface area contributed by atoms with Gasteiger partial charge in [-0.15, -0.1) is 0 Å². The largest absolute Gasteiger partial charge is 0.344 e. The molecule has 0 atom stereocenters. The second kappa shape index (κ2) is 7.27. The molecule has 4 nitrogen and oxygen atoms in total. The molecule has 114 valence electrons. The highest BCUT2D eigenvalue weighted by Gasteiger charge is 2.12. The molecule has 1 aromatic carbocycles. The third-order valence-corrected chi connectivity index (χ3v) is 3.82. The van der Waals surface area contributed by atoms with Crippen molar-refractivity contribution in [3.05, 3.63) is 36.0 Å². The van der Waals surface area contributed by atoms with Crippen LogP contribution in [-0.4, -0.2) is 35.5 Å². The second-order valence-corrected chi connectivity index (χ2v) is 5.38. The smallest absolute Gasteiger partial charge is 0.242 e. The van der Waals surface area contributed by atoms with Gasteiger partial charge in [0, 0.05) is 37.2 Å². The maximum Gasteiger partial charge on any atom is 0.242 e. The Morgan fingerprint density at radius 2 is 2.05 bits per heavy atom. The van der Waals surface area contributed by atoms with Crippen molar-refractivity contribution in [2.24, 2.45) is 0 Å². The van der Waals surface area contributed by atoms with Gasteiger partial charge in [0.05, 0.1) is 0 Å². The molecule has 1 N–H and O–H groups in total. The van der Waals surface area contributed by atoms with Crippen molar-refractivity contribution >= 4 is 16.8 Å². The van der Waals surface area contributed by atoms with Crippen LogP contribution in [0.4, 0.5) is 0 Å². The Bertz CT molecular complexity index is 603. The molecule has 0 aliphatic heterocycles. The number of carbonyl (C=O) groups is 1. The van der Waals surface area contributed by atoms with Crippen molar-refractivity contribution in [1.82, 2.24) is 14.8 Å². The Hall–Kier alpha value is -1.81. The van der Waals surface area contributed by atoms with Crippen molar-refractivity contribution in [3.8, 4) is 0 Å². The molecular weight excluding hydrogens is 262 g/mol. The van der Waals surface area contributed by atoms with Gasteiger partial charge in [-0.2, -0.15) is 0 Å². The number of fused-ring (bicyclic) bond motifs is 1. The van der Waals surface area contributed by atoms with Crippen LogP contribution in [0.5, 0.6) is 0 Å². The van der Waals surface area contributed by atoms with E-state index in [9.17, 15) is 4.79 Å². The Morgan fingerprint density at radius 1 is 1.29 bits per heavy atom. The Kier molecular flexibility index (Phi) is 5.39. The maximum absolute atomic E-state index is 12.1. The molecule has 0 saturated heterocycles. The predicted molar refractivity (Wildman–Crippen MR) is 87.2 cm³/mol. The fourth-order valence-corrected chi connectivity index (χ4v) is 2.44. The molecule has 0 aliphatic rings. The van der Waals surface area contributed by atoms with Gasteiger partial charge in [-0.25, -0.2) is 0 Å². The van der Waals surface area contributed by atoms with Crippen LogP contribution in [0.3, 0.4) is 0 Å². The molecule has 21 heavy (non-hydrogen) atoms. The van der Waals surface area contributed by atoms with Gasteiger partial charge in [-0.05, 0) is 31.5 Å². The van der Waals surface area contributed by atoms with Crippen LogP contribution in [0.15, 0.2) is 30.5 Å². The van der Waals surface area contributed by atoms with Gasteiger partial charge in [0.2, 0.25) is 5.91 Å². The first kappa shape index (κ1) is 15.6. The Balaban J connectivity index is 2.25. The summed E-state index contributed by atoms with van der Waals surface area (Å²) in [4.78, 5) is 13.9. The van der Waals surface area contributed by atoms with E-state index in [1.54, 1.807) is 4.90 Å². The number of hydrogen-bond donors (Lipinski definition) is 1. The molecule has 1 aromatic heterocycles. The zero-order valence-corrected chi connectivity index (χ0v) is 13.2. The molecule has 1 amide bonds. The number of nitrogens with zero attached hydrogens (tertiary/aromatic N) is 2. The third kappa shape index (κ3) is 3.64. The lowest BCUT2D eigenvalue weighted by Crippen LogP contribution is -2.29. The van der Waals surface area contributed by atoms with Gasteiger partial charge in [0.15, 0.2) is 0 Å². The van der Waals surface area contributed by atoms with Crippen LogP contribution in [0.1, 0.15) is 25.8 Å². The summed E-state index contributed by atoms with van der Waals surface area (Å²) in [7, 11) is 1.84. The van der Waals surface area contributed by atoms with Crippen LogP contribution in [-0.2, 0) is 17.9 Å². The molecule has 0 radical (unpaired) electrons. The average Bonchev–Trinajstić information content (AvgIpc) is 2.85. The highest BCUT2D eigenvalue weighted by atomic mass is 16.2. The number of likely N-dealkylation sites (N-methyl/N-ethyl adjacent to an activating group) is 1. The first-order valence-corrected chi connectivity index (χ1v) is 7.68. The molecule has 0 fully saturated rings. The number of para-hydroxylation sites is 1. The van der Waals surface area contributed by atoms with Gasteiger partial charge in [0.1, 0.15) is 6.54 Å². The second-order valence-electron chi connectivity index (χ2n) is 5.38. The summed E-state index contributed by atoms with van der Waals surface area (Å²) in [6.45, 7) is 7.15. The Labute approximate surface area is 126 Å². The number of hydrogen-bond acceptors (Lipinski definition) is 2. The standard InChI is InChI=1S/C17H25N3O/c1-4-10-18-11-14-12-20(13-17(21)19(3)5-2)16-9-7-6-8-15(14)16/h6-9,12,18H,4-5,10-11,13H2,1-3H3. The number of amides is 1. The van der Waals surface area contributed by atoms with Crippen molar-refractivity contribution in [1.29, 1.82) is 0 Å². The summed E-state index contributed by atoms with van der Waals surface area (Å²) in [5, 5.41) is 4.67. The van der Waals surface area contributed by atoms with E-state index in [1.165, 1.54) is 10.9 Å². The number of carbonyl (C=O) groups excluding carboxylic acids is 1. The number of rotatable bonds is 7. The van der Waals surface area contributed by atoms with E-state index in [2.05, 4.69) is 41.2 Å². The van der Waals surface area contributed by atoms with Gasteiger partial charge in [0.25, 0.3) is 0 Å². The summed E-state index contributed by atoms with van der Waals surface area (Å²) in [6.07, 6.45) is 3.23. The first-order chi connectivity index (χ1) is 10.2. The molecule has 0 bridgehead atoms. The zero-order chi connectivity index (χ0) is 15.2. The quantitative estimate of drug-likeness (QED) is 0.795. The molecule has 0 unspecified atom stereocenters. The van der Waals surface area contributed by atoms with E-state index in [4.69, 9.17) is 0 Å². The van der Waals surface area contributed by atoms with Crippen molar-refractivity contribution in [2.45, 2.75) is 33.4 Å². The lowest BCUT2D eigenvalue weighted by atomic mass is 10.2. The highest BCUT2D eigenvalue weighted by Crippen LogP contribution is 2.21. The molecule has 0 saturated carbocycles. The van der Waals surface area contributed by atoms with Gasteiger partial charge < -0.3 is 14.8 Å². The van der Waals surface area contributed by atoms with Gasteiger partial charge >= 0.3 is 0 Å². The average molecular weight is 287 g/mol. The monoisotopic (exact) mass is 287 g/mol. The molecule has 2 rings (SSSR count). The van der Waals surface area contributed by atoms with Crippen molar-refractivity contribution in [2.75, 3.05) is 20.1 Å². The molecule has 2 aromatic rings. The van der Waals surface area contributed by atoms with Crippen molar-refractivity contribution in [3.63, 3.8) is 0 Å². The van der Waals surface area contributed by atoms with E-state index in [0.717, 1.165) is 31.6 Å². The number of aromatic nitrogens is 1. The third-order valence-electron chi connectivity index (χ3n) is 3.82. The molecule has 0 aliphatic carbocycles. The summed E-state index contributed by atoms with van der Waals surface area (Å²) < 4.78 is 2.06. The van der Waals surface area contributed by atoms with Crippen LogP contribution in [0, 0.1) is 0 Å². The van der Waals surface area contributed by atoms with E-state index < -0.39 is 0 Å². The maximum atomic E-state index is 12.1. The van der Waals surface area contributed by atoms with E-state index in [-0.39, 0.29) is 5.91 Å². The number of nitrogens with one attached hydrogen (secondary N) is 1. The Morgan fingerprint density at radius 3 is 2.76 bits per heavy atom. The lowest BCUT2D eigenvalue weighted by molar-refractivity contribution is -0.130. The predicted octanol–water partition coefficient (Wildman–Crippen LogP) is 2.62. The SMILES string of the molecule is CCCNCc1cn(CC(=O)N(C)CC)c2ccccc12.